The molecule has 0 bridgehead atoms. The highest BCUT2D eigenvalue weighted by Crippen LogP contribution is 2.26. The molecule has 0 radical (unpaired) electrons. The van der Waals surface area contributed by atoms with Crippen molar-refractivity contribution in [3.8, 4) is 5.75 Å². The van der Waals surface area contributed by atoms with Gasteiger partial charge in [0.15, 0.2) is 0 Å². The lowest BCUT2D eigenvalue weighted by Gasteiger charge is -2.39. The van der Waals surface area contributed by atoms with E-state index in [-0.39, 0.29) is 11.2 Å². The first-order valence-electron chi connectivity index (χ1n) is 6.91. The number of nitrogens with zero attached hydrogens (tertiary/aromatic N) is 1. The Bertz CT molecular complexity index is 534. The number of rotatable bonds is 5. The summed E-state index contributed by atoms with van der Waals surface area (Å²) in [6.45, 7) is 2.58. The Balaban J connectivity index is 1.47. The topological polar surface area (TPSA) is 55.8 Å². The SMILES string of the molecule is O=S(=O)(C1CCOC1)N1CC(COc2ccccc2)C1. The van der Waals surface area contributed by atoms with Crippen molar-refractivity contribution in [3.63, 3.8) is 0 Å². The van der Waals surface area contributed by atoms with Crippen LogP contribution in [0.4, 0.5) is 0 Å². The first-order chi connectivity index (χ1) is 9.66. The third-order valence-corrected chi connectivity index (χ3v) is 6.05. The van der Waals surface area contributed by atoms with Crippen LogP contribution in [0.1, 0.15) is 6.42 Å². The summed E-state index contributed by atoms with van der Waals surface area (Å²) in [5.74, 6) is 1.12. The standard InChI is InChI=1S/C14H19NO4S/c16-20(17,14-6-7-18-11-14)15-8-12(9-15)10-19-13-4-2-1-3-5-13/h1-5,12,14H,6-11H2. The highest BCUT2D eigenvalue weighted by Gasteiger charge is 2.41. The van der Waals surface area contributed by atoms with Gasteiger partial charge in [-0.2, -0.15) is 0 Å². The van der Waals surface area contributed by atoms with Gasteiger partial charge in [0, 0.05) is 25.6 Å². The predicted octanol–water partition coefficient (Wildman–Crippen LogP) is 1.12. The van der Waals surface area contributed by atoms with Gasteiger partial charge in [-0.15, -0.1) is 0 Å². The van der Waals surface area contributed by atoms with Crippen molar-refractivity contribution in [1.29, 1.82) is 0 Å². The maximum Gasteiger partial charge on any atom is 0.219 e. The zero-order valence-electron chi connectivity index (χ0n) is 11.3. The lowest BCUT2D eigenvalue weighted by Crippen LogP contribution is -2.54. The lowest BCUT2D eigenvalue weighted by molar-refractivity contribution is 0.128. The van der Waals surface area contributed by atoms with E-state index < -0.39 is 10.0 Å². The number of hydrogen-bond acceptors (Lipinski definition) is 4. The average molecular weight is 297 g/mol. The van der Waals surface area contributed by atoms with Crippen LogP contribution in [-0.2, 0) is 14.8 Å². The van der Waals surface area contributed by atoms with Gasteiger partial charge >= 0.3 is 0 Å². The molecule has 2 saturated heterocycles. The van der Waals surface area contributed by atoms with Crippen molar-refractivity contribution in [2.75, 3.05) is 32.9 Å². The fourth-order valence-electron chi connectivity index (χ4n) is 2.53. The van der Waals surface area contributed by atoms with E-state index in [1.54, 1.807) is 4.31 Å². The van der Waals surface area contributed by atoms with Crippen LogP contribution >= 0.6 is 0 Å². The van der Waals surface area contributed by atoms with E-state index in [0.717, 1.165) is 5.75 Å². The monoisotopic (exact) mass is 297 g/mol. The molecular weight excluding hydrogens is 278 g/mol. The summed E-state index contributed by atoms with van der Waals surface area (Å²) in [4.78, 5) is 0. The molecule has 0 N–H and O–H groups in total. The molecule has 0 aromatic heterocycles. The summed E-state index contributed by atoms with van der Waals surface area (Å²) in [5, 5.41) is -0.349. The summed E-state index contributed by atoms with van der Waals surface area (Å²) in [6.07, 6.45) is 0.615. The molecule has 1 aromatic rings. The lowest BCUT2D eigenvalue weighted by atomic mass is 10.1. The third-order valence-electron chi connectivity index (χ3n) is 3.82. The van der Waals surface area contributed by atoms with Gasteiger partial charge in [-0.25, -0.2) is 12.7 Å². The van der Waals surface area contributed by atoms with E-state index in [0.29, 0.717) is 39.3 Å². The third kappa shape index (κ3) is 2.82. The molecule has 20 heavy (non-hydrogen) atoms. The van der Waals surface area contributed by atoms with Crippen LogP contribution in [0.2, 0.25) is 0 Å². The second-order valence-corrected chi connectivity index (χ2v) is 7.55. The van der Waals surface area contributed by atoms with Crippen molar-refractivity contribution in [1.82, 2.24) is 4.31 Å². The molecule has 1 unspecified atom stereocenters. The molecule has 0 spiro atoms. The zero-order valence-corrected chi connectivity index (χ0v) is 12.1. The first-order valence-corrected chi connectivity index (χ1v) is 8.41. The van der Waals surface area contributed by atoms with Crippen molar-refractivity contribution in [3.05, 3.63) is 30.3 Å². The Hall–Kier alpha value is -1.11. The molecule has 5 nitrogen and oxygen atoms in total. The minimum Gasteiger partial charge on any atom is -0.493 e. The summed E-state index contributed by atoms with van der Waals surface area (Å²) in [5.41, 5.74) is 0. The van der Waals surface area contributed by atoms with Crippen LogP contribution in [-0.4, -0.2) is 50.9 Å². The van der Waals surface area contributed by atoms with E-state index in [4.69, 9.17) is 9.47 Å². The van der Waals surface area contributed by atoms with Crippen LogP contribution in [0.5, 0.6) is 5.75 Å². The largest absolute Gasteiger partial charge is 0.493 e. The van der Waals surface area contributed by atoms with Crippen LogP contribution in [0.15, 0.2) is 30.3 Å². The second kappa shape index (κ2) is 5.71. The quantitative estimate of drug-likeness (QED) is 0.817. The van der Waals surface area contributed by atoms with Crippen LogP contribution < -0.4 is 4.74 Å². The molecule has 0 amide bonds. The molecule has 110 valence electrons. The van der Waals surface area contributed by atoms with E-state index in [2.05, 4.69) is 0 Å². The Labute approximate surface area is 119 Å². The van der Waals surface area contributed by atoms with Gasteiger partial charge < -0.3 is 9.47 Å². The molecule has 1 aromatic carbocycles. The molecular formula is C14H19NO4S. The normalized spacial score (nSPS) is 24.5. The van der Waals surface area contributed by atoms with Gasteiger partial charge in [-0.1, -0.05) is 18.2 Å². The van der Waals surface area contributed by atoms with Crippen molar-refractivity contribution in [2.24, 2.45) is 5.92 Å². The molecule has 2 aliphatic heterocycles. The van der Waals surface area contributed by atoms with E-state index in [1.807, 2.05) is 30.3 Å². The number of hydrogen-bond donors (Lipinski definition) is 0. The summed E-state index contributed by atoms with van der Waals surface area (Å²) in [7, 11) is -3.17. The summed E-state index contributed by atoms with van der Waals surface area (Å²) in [6, 6.07) is 9.60. The molecule has 0 aliphatic carbocycles. The predicted molar refractivity (Wildman–Crippen MR) is 75.1 cm³/mol. The van der Waals surface area contributed by atoms with Gasteiger partial charge in [0.25, 0.3) is 0 Å². The molecule has 6 heteroatoms. The summed E-state index contributed by atoms with van der Waals surface area (Å²) >= 11 is 0. The minimum atomic E-state index is -3.17. The fraction of sp³-hybridized carbons (Fsp3) is 0.571. The average Bonchev–Trinajstić information content (AvgIpc) is 2.92. The second-order valence-electron chi connectivity index (χ2n) is 5.34. The van der Waals surface area contributed by atoms with Crippen molar-refractivity contribution in [2.45, 2.75) is 11.7 Å². The van der Waals surface area contributed by atoms with Crippen LogP contribution in [0.3, 0.4) is 0 Å². The van der Waals surface area contributed by atoms with Gasteiger partial charge in [-0.05, 0) is 18.6 Å². The molecule has 3 rings (SSSR count). The zero-order chi connectivity index (χ0) is 14.0. The molecule has 2 aliphatic rings. The Kier molecular flexibility index (Phi) is 3.96. The maximum atomic E-state index is 12.2. The highest BCUT2D eigenvalue weighted by atomic mass is 32.2. The molecule has 2 heterocycles. The molecule has 0 saturated carbocycles. The Morgan fingerprint density at radius 2 is 2.00 bits per heavy atom. The first kappa shape index (κ1) is 13.9. The fourth-order valence-corrected chi connectivity index (χ4v) is 4.45. The number of benzene rings is 1. The minimum absolute atomic E-state index is 0.285. The maximum absolute atomic E-state index is 12.2. The highest BCUT2D eigenvalue weighted by molar-refractivity contribution is 7.89. The van der Waals surface area contributed by atoms with E-state index in [1.165, 1.54) is 0 Å². The summed E-state index contributed by atoms with van der Waals surface area (Å²) < 4.78 is 36.9. The van der Waals surface area contributed by atoms with Crippen LogP contribution in [0, 0.1) is 5.92 Å². The van der Waals surface area contributed by atoms with Gasteiger partial charge in [0.1, 0.15) is 11.0 Å². The van der Waals surface area contributed by atoms with Crippen LogP contribution in [0.25, 0.3) is 0 Å². The van der Waals surface area contributed by atoms with Crippen molar-refractivity contribution < 1.29 is 17.9 Å². The number of para-hydroxylation sites is 1. The van der Waals surface area contributed by atoms with Gasteiger partial charge in [0.05, 0.1) is 13.2 Å². The molecule has 1 atom stereocenters. The number of ether oxygens (including phenoxy) is 2. The van der Waals surface area contributed by atoms with Crippen molar-refractivity contribution >= 4 is 10.0 Å². The number of sulfonamides is 1. The van der Waals surface area contributed by atoms with Gasteiger partial charge in [0.2, 0.25) is 10.0 Å². The Morgan fingerprint density at radius 3 is 2.65 bits per heavy atom. The van der Waals surface area contributed by atoms with E-state index in [9.17, 15) is 8.42 Å². The van der Waals surface area contributed by atoms with Gasteiger partial charge in [-0.3, -0.25) is 0 Å². The Morgan fingerprint density at radius 1 is 1.25 bits per heavy atom. The van der Waals surface area contributed by atoms with E-state index >= 15 is 0 Å². The molecule has 2 fully saturated rings. The smallest absolute Gasteiger partial charge is 0.219 e.